The molecule has 0 aliphatic heterocycles. The van der Waals surface area contributed by atoms with E-state index in [0.29, 0.717) is 6.61 Å². The lowest BCUT2D eigenvalue weighted by Crippen LogP contribution is -2.21. The van der Waals surface area contributed by atoms with Crippen LogP contribution in [0.2, 0.25) is 0 Å². The summed E-state index contributed by atoms with van der Waals surface area (Å²) < 4.78 is 4.62. The third-order valence-corrected chi connectivity index (χ3v) is 5.45. The third kappa shape index (κ3) is 32.5. The van der Waals surface area contributed by atoms with Crippen molar-refractivity contribution in [3.05, 3.63) is 0 Å². The summed E-state index contributed by atoms with van der Waals surface area (Å²) in [7, 11) is -1.60. The number of hydrogen-bond donors (Lipinski definition) is 2. The Morgan fingerprint density at radius 1 is 0.500 bits per heavy atom. The predicted octanol–water partition coefficient (Wildman–Crippen LogP) is 5.59. The highest BCUT2D eigenvalue weighted by Gasteiger charge is 2.06. The zero-order chi connectivity index (χ0) is 23.5. The molecule has 0 bridgehead atoms. The van der Waals surface area contributed by atoms with E-state index in [4.69, 9.17) is 10.0 Å². The second kappa shape index (κ2) is 31.1. The molecule has 0 rings (SSSR count). The number of nitrogens with zero attached hydrogens (tertiary/aromatic N) is 2. The fraction of sp³-hybridized carbons (Fsp3) is 1.00. The molecule has 0 spiro atoms. The Hall–Kier alpha value is -0.135. The smallest absolute Gasteiger partial charge is 0.402 e. The van der Waals surface area contributed by atoms with Crippen LogP contribution in [0.15, 0.2) is 0 Å². The van der Waals surface area contributed by atoms with E-state index in [1.165, 1.54) is 90.6 Å². The molecule has 0 aliphatic carbocycles. The van der Waals surface area contributed by atoms with Crippen LogP contribution in [-0.2, 0) is 4.65 Å². The summed E-state index contributed by atoms with van der Waals surface area (Å²) in [5.74, 6) is 0. The lowest BCUT2D eigenvalue weighted by Gasteiger charge is -2.13. The predicted molar refractivity (Wildman–Crippen MR) is 135 cm³/mol. The standard InChI is InChI=1S/C12H27BO3.2C6H15N/c1-2-3-4-5-6-7-8-9-10-11-12-16-13(14)15;2*1-4-7(5-2)6-3/h14-15H,2-12H2,1H3;2*4-6H2,1-3H3. The number of unbranched alkanes of at least 4 members (excludes halogenated alkanes) is 9. The van der Waals surface area contributed by atoms with Crippen LogP contribution in [0.4, 0.5) is 0 Å². The lowest BCUT2D eigenvalue weighted by molar-refractivity contribution is 0.182. The van der Waals surface area contributed by atoms with E-state index >= 15 is 0 Å². The van der Waals surface area contributed by atoms with E-state index in [2.05, 4.69) is 62.9 Å². The van der Waals surface area contributed by atoms with Crippen LogP contribution in [0.5, 0.6) is 0 Å². The summed E-state index contributed by atoms with van der Waals surface area (Å²) in [6.45, 7) is 22.9. The average Bonchev–Trinajstić information content (AvgIpc) is 2.75. The van der Waals surface area contributed by atoms with Gasteiger partial charge in [0.05, 0.1) is 0 Å². The molecular formula is C24H57BN2O3. The zero-order valence-electron chi connectivity index (χ0n) is 21.8. The van der Waals surface area contributed by atoms with Gasteiger partial charge < -0.3 is 24.5 Å². The van der Waals surface area contributed by atoms with E-state index in [0.717, 1.165) is 12.8 Å². The van der Waals surface area contributed by atoms with Gasteiger partial charge in [-0.1, -0.05) is 106 Å². The molecule has 6 heteroatoms. The molecular weight excluding hydrogens is 375 g/mol. The Bertz CT molecular complexity index is 254. The van der Waals surface area contributed by atoms with Gasteiger partial charge in [0, 0.05) is 6.61 Å². The Morgan fingerprint density at radius 2 is 0.800 bits per heavy atom. The van der Waals surface area contributed by atoms with Gasteiger partial charge in [0.2, 0.25) is 0 Å². The average molecular weight is 433 g/mol. The van der Waals surface area contributed by atoms with Crippen molar-refractivity contribution >= 4 is 7.32 Å². The highest BCUT2D eigenvalue weighted by Crippen LogP contribution is 2.10. The van der Waals surface area contributed by atoms with Gasteiger partial charge in [-0.3, -0.25) is 0 Å². The van der Waals surface area contributed by atoms with E-state index < -0.39 is 7.32 Å². The first-order chi connectivity index (χ1) is 14.5. The van der Waals surface area contributed by atoms with Crippen molar-refractivity contribution in [2.24, 2.45) is 0 Å². The molecule has 0 amide bonds. The molecule has 0 radical (unpaired) electrons. The zero-order valence-corrected chi connectivity index (χ0v) is 21.8. The van der Waals surface area contributed by atoms with Crippen molar-refractivity contribution in [2.75, 3.05) is 45.9 Å². The Balaban J connectivity index is -0.000000430. The molecule has 0 heterocycles. The molecule has 0 atom stereocenters. The first-order valence-electron chi connectivity index (χ1n) is 12.9. The summed E-state index contributed by atoms with van der Waals surface area (Å²) in [4.78, 5) is 4.75. The molecule has 0 aromatic heterocycles. The van der Waals surface area contributed by atoms with Crippen molar-refractivity contribution in [3.63, 3.8) is 0 Å². The largest absolute Gasteiger partial charge is 0.633 e. The van der Waals surface area contributed by atoms with Crippen molar-refractivity contribution in [1.29, 1.82) is 0 Å². The van der Waals surface area contributed by atoms with E-state index in [1.54, 1.807) is 0 Å². The first-order valence-corrected chi connectivity index (χ1v) is 12.9. The van der Waals surface area contributed by atoms with Gasteiger partial charge in [-0.2, -0.15) is 0 Å². The Morgan fingerprint density at radius 3 is 1.03 bits per heavy atom. The van der Waals surface area contributed by atoms with Gasteiger partial charge in [-0.05, 0) is 45.7 Å². The Labute approximate surface area is 190 Å². The lowest BCUT2D eigenvalue weighted by atomic mass is 10.1. The number of rotatable bonds is 18. The molecule has 5 nitrogen and oxygen atoms in total. The maximum absolute atomic E-state index is 8.43. The molecule has 2 N–H and O–H groups in total. The molecule has 0 aromatic carbocycles. The van der Waals surface area contributed by atoms with Gasteiger partial charge in [-0.15, -0.1) is 0 Å². The minimum Gasteiger partial charge on any atom is -0.402 e. The van der Waals surface area contributed by atoms with Gasteiger partial charge in [0.25, 0.3) is 0 Å². The fourth-order valence-electron chi connectivity index (χ4n) is 3.12. The Kier molecular flexibility index (Phi) is 35.7. The molecule has 0 unspecified atom stereocenters. The molecule has 0 aliphatic rings. The molecule has 0 fully saturated rings. The van der Waals surface area contributed by atoms with Crippen molar-refractivity contribution in [2.45, 2.75) is 113 Å². The summed E-state index contributed by atoms with van der Waals surface area (Å²) in [6.07, 6.45) is 12.8. The summed E-state index contributed by atoms with van der Waals surface area (Å²) >= 11 is 0. The summed E-state index contributed by atoms with van der Waals surface area (Å²) in [5, 5.41) is 16.9. The molecule has 30 heavy (non-hydrogen) atoms. The summed E-state index contributed by atoms with van der Waals surface area (Å²) in [5.41, 5.74) is 0. The van der Waals surface area contributed by atoms with Crippen LogP contribution in [0.1, 0.15) is 113 Å². The minimum atomic E-state index is -1.60. The molecule has 0 saturated heterocycles. The van der Waals surface area contributed by atoms with Crippen LogP contribution in [-0.4, -0.2) is 73.0 Å². The van der Waals surface area contributed by atoms with Gasteiger partial charge in [0.15, 0.2) is 0 Å². The first kappa shape index (κ1) is 34.5. The van der Waals surface area contributed by atoms with Crippen LogP contribution in [0.3, 0.4) is 0 Å². The molecule has 0 aromatic rings. The van der Waals surface area contributed by atoms with Crippen LogP contribution in [0, 0.1) is 0 Å². The summed E-state index contributed by atoms with van der Waals surface area (Å²) in [6, 6.07) is 0. The van der Waals surface area contributed by atoms with E-state index in [9.17, 15) is 0 Å². The normalized spacial score (nSPS) is 10.5. The molecule has 184 valence electrons. The van der Waals surface area contributed by atoms with Crippen molar-refractivity contribution < 1.29 is 14.7 Å². The van der Waals surface area contributed by atoms with Crippen molar-refractivity contribution in [3.8, 4) is 0 Å². The maximum Gasteiger partial charge on any atom is 0.633 e. The monoisotopic (exact) mass is 432 g/mol. The second-order valence-electron chi connectivity index (χ2n) is 7.62. The highest BCUT2D eigenvalue weighted by molar-refractivity contribution is 6.32. The van der Waals surface area contributed by atoms with Crippen LogP contribution in [0.25, 0.3) is 0 Å². The molecule has 0 saturated carbocycles. The van der Waals surface area contributed by atoms with Gasteiger partial charge >= 0.3 is 7.32 Å². The quantitative estimate of drug-likeness (QED) is 0.218. The second-order valence-corrected chi connectivity index (χ2v) is 7.62. The van der Waals surface area contributed by atoms with Crippen molar-refractivity contribution in [1.82, 2.24) is 9.80 Å². The van der Waals surface area contributed by atoms with E-state index in [1.807, 2.05) is 0 Å². The van der Waals surface area contributed by atoms with Crippen LogP contribution >= 0.6 is 0 Å². The van der Waals surface area contributed by atoms with Crippen LogP contribution < -0.4 is 0 Å². The third-order valence-electron chi connectivity index (χ3n) is 5.45. The number of hydrogen-bond acceptors (Lipinski definition) is 5. The van der Waals surface area contributed by atoms with Gasteiger partial charge in [-0.25, -0.2) is 0 Å². The van der Waals surface area contributed by atoms with Gasteiger partial charge in [0.1, 0.15) is 0 Å². The van der Waals surface area contributed by atoms with E-state index in [-0.39, 0.29) is 0 Å². The topological polar surface area (TPSA) is 56.2 Å². The maximum atomic E-state index is 8.43. The fourth-order valence-corrected chi connectivity index (χ4v) is 3.12. The highest BCUT2D eigenvalue weighted by atomic mass is 16.6. The SMILES string of the molecule is CCCCCCCCCCCCOB(O)O.CCN(CC)CC.CCN(CC)CC. The minimum absolute atomic E-state index is 0.453.